The number of amides is 2. The molecule has 2 amide bonds. The van der Waals surface area contributed by atoms with Crippen molar-refractivity contribution >= 4 is 23.3 Å². The molecule has 4 heterocycles. The fourth-order valence-corrected chi connectivity index (χ4v) is 4.90. The molecule has 6 rings (SSSR count). The summed E-state index contributed by atoms with van der Waals surface area (Å²) in [6.07, 6.45) is 4.16. The van der Waals surface area contributed by atoms with E-state index >= 15 is 0 Å². The fraction of sp³-hybridized carbons (Fsp3) is 0.417. The Morgan fingerprint density at radius 2 is 2.09 bits per heavy atom. The molecule has 1 aromatic carbocycles. The van der Waals surface area contributed by atoms with Gasteiger partial charge in [0.15, 0.2) is 11.5 Å². The molecule has 3 N–H and O–H groups in total. The number of aromatic nitrogens is 3. The molecule has 2 aliphatic heterocycles. The number of aryl methyl sites for hydroxylation is 1. The first kappa shape index (κ1) is 20.2. The fourth-order valence-electron chi connectivity index (χ4n) is 4.90. The quantitative estimate of drug-likeness (QED) is 0.621. The lowest BCUT2D eigenvalue weighted by molar-refractivity contribution is -0.00342. The molecule has 1 aliphatic carbocycles. The van der Waals surface area contributed by atoms with E-state index in [4.69, 9.17) is 15.5 Å². The Kier molecular flexibility index (Phi) is 4.45. The van der Waals surface area contributed by atoms with Gasteiger partial charge in [-0.05, 0) is 61.9 Å². The molecule has 2 fully saturated rings. The van der Waals surface area contributed by atoms with E-state index in [-0.39, 0.29) is 35.3 Å². The minimum atomic E-state index is -0.305. The zero-order valence-corrected chi connectivity index (χ0v) is 18.7. The Morgan fingerprint density at radius 1 is 1.30 bits per heavy atom. The van der Waals surface area contributed by atoms with E-state index in [1.807, 2.05) is 30.0 Å². The minimum Gasteiger partial charge on any atom is -0.381 e. The molecule has 0 spiro atoms. The number of nitrogens with two attached hydrogens (primary N) is 1. The monoisotopic (exact) mass is 446 g/mol. The largest absolute Gasteiger partial charge is 0.381 e. The van der Waals surface area contributed by atoms with Gasteiger partial charge in [-0.3, -0.25) is 9.59 Å². The predicted molar refractivity (Wildman–Crippen MR) is 122 cm³/mol. The highest BCUT2D eigenvalue weighted by molar-refractivity contribution is 6.04. The molecule has 0 bridgehead atoms. The van der Waals surface area contributed by atoms with E-state index in [0.717, 1.165) is 22.3 Å². The molecule has 9 nitrogen and oxygen atoms in total. The number of rotatable bonds is 5. The zero-order valence-electron chi connectivity index (χ0n) is 18.7. The number of anilines is 1. The summed E-state index contributed by atoms with van der Waals surface area (Å²) >= 11 is 0. The number of nitrogens with zero attached hydrogens (tertiary/aromatic N) is 4. The summed E-state index contributed by atoms with van der Waals surface area (Å²) in [6, 6.07) is 6.13. The number of fused-ring (bicyclic) bond motifs is 2. The van der Waals surface area contributed by atoms with Crippen LogP contribution in [0.1, 0.15) is 51.6 Å². The third-order valence-electron chi connectivity index (χ3n) is 7.04. The maximum atomic E-state index is 13.1. The number of hydrogen-bond donors (Lipinski definition) is 2. The second kappa shape index (κ2) is 7.28. The van der Waals surface area contributed by atoms with E-state index in [2.05, 4.69) is 17.3 Å². The SMILES string of the molecule is Cc1cc(-c2ccn3nc(N)c(C(=O)NC4COC4)c3n2)cc2c1C(=O)N([C@@H](C)C1CC1)C2. The van der Waals surface area contributed by atoms with Gasteiger partial charge in [0.05, 0.1) is 24.9 Å². The van der Waals surface area contributed by atoms with Gasteiger partial charge in [-0.2, -0.15) is 0 Å². The number of carbonyl (C=O) groups excluding carboxylic acids is 2. The van der Waals surface area contributed by atoms with Crippen LogP contribution < -0.4 is 11.1 Å². The van der Waals surface area contributed by atoms with Crippen LogP contribution in [0, 0.1) is 12.8 Å². The van der Waals surface area contributed by atoms with Crippen molar-refractivity contribution in [3.05, 3.63) is 46.6 Å². The van der Waals surface area contributed by atoms with Gasteiger partial charge in [0.1, 0.15) is 5.56 Å². The smallest absolute Gasteiger partial charge is 0.259 e. The van der Waals surface area contributed by atoms with E-state index in [9.17, 15) is 9.59 Å². The number of ether oxygens (including phenoxy) is 1. The van der Waals surface area contributed by atoms with Crippen LogP contribution in [0.2, 0.25) is 0 Å². The molecule has 1 saturated heterocycles. The van der Waals surface area contributed by atoms with E-state index in [1.54, 1.807) is 6.20 Å². The van der Waals surface area contributed by atoms with Gasteiger partial charge in [0.25, 0.3) is 11.8 Å². The lowest BCUT2D eigenvalue weighted by Crippen LogP contribution is -2.48. The summed E-state index contributed by atoms with van der Waals surface area (Å²) in [5.41, 5.74) is 11.1. The topological polar surface area (TPSA) is 115 Å². The van der Waals surface area contributed by atoms with Gasteiger partial charge in [-0.15, -0.1) is 5.10 Å². The lowest BCUT2D eigenvalue weighted by atomic mass is 9.98. The first-order valence-electron chi connectivity index (χ1n) is 11.4. The maximum Gasteiger partial charge on any atom is 0.259 e. The summed E-state index contributed by atoms with van der Waals surface area (Å²) in [5, 5.41) is 7.15. The second-order valence-electron chi connectivity index (χ2n) is 9.39. The van der Waals surface area contributed by atoms with Crippen molar-refractivity contribution in [2.75, 3.05) is 18.9 Å². The van der Waals surface area contributed by atoms with Gasteiger partial charge in [-0.1, -0.05) is 0 Å². The average molecular weight is 447 g/mol. The van der Waals surface area contributed by atoms with Gasteiger partial charge in [0.2, 0.25) is 0 Å². The highest BCUT2D eigenvalue weighted by Gasteiger charge is 2.39. The molecule has 1 saturated carbocycles. The van der Waals surface area contributed by atoms with Crippen LogP contribution in [0.4, 0.5) is 5.82 Å². The molecule has 3 aromatic rings. The summed E-state index contributed by atoms with van der Waals surface area (Å²) in [7, 11) is 0. The molecule has 2 aromatic heterocycles. The Labute approximate surface area is 190 Å². The molecule has 1 atom stereocenters. The first-order chi connectivity index (χ1) is 15.9. The van der Waals surface area contributed by atoms with Crippen molar-refractivity contribution in [2.24, 2.45) is 5.92 Å². The zero-order chi connectivity index (χ0) is 22.9. The van der Waals surface area contributed by atoms with Crippen molar-refractivity contribution in [3.8, 4) is 11.3 Å². The summed E-state index contributed by atoms with van der Waals surface area (Å²) < 4.78 is 6.65. The van der Waals surface area contributed by atoms with Gasteiger partial charge < -0.3 is 20.7 Å². The van der Waals surface area contributed by atoms with E-state index < -0.39 is 0 Å². The number of benzene rings is 1. The Hall–Kier alpha value is -3.46. The van der Waals surface area contributed by atoms with Crippen LogP contribution in [-0.4, -0.2) is 56.6 Å². The second-order valence-corrected chi connectivity index (χ2v) is 9.39. The van der Waals surface area contributed by atoms with Crippen molar-refractivity contribution in [2.45, 2.75) is 45.3 Å². The van der Waals surface area contributed by atoms with E-state index in [1.165, 1.54) is 17.4 Å². The van der Waals surface area contributed by atoms with Crippen LogP contribution in [0.15, 0.2) is 24.4 Å². The first-order valence-corrected chi connectivity index (χ1v) is 11.4. The maximum absolute atomic E-state index is 13.1. The van der Waals surface area contributed by atoms with Crippen LogP contribution in [-0.2, 0) is 11.3 Å². The van der Waals surface area contributed by atoms with Crippen molar-refractivity contribution in [1.82, 2.24) is 24.8 Å². The predicted octanol–water partition coefficient (Wildman–Crippen LogP) is 2.17. The summed E-state index contributed by atoms with van der Waals surface area (Å²) in [5.74, 6) is 0.577. The van der Waals surface area contributed by atoms with Gasteiger partial charge in [-0.25, -0.2) is 9.50 Å². The van der Waals surface area contributed by atoms with Crippen molar-refractivity contribution < 1.29 is 14.3 Å². The van der Waals surface area contributed by atoms with Crippen LogP contribution in [0.25, 0.3) is 16.9 Å². The van der Waals surface area contributed by atoms with Crippen molar-refractivity contribution in [3.63, 3.8) is 0 Å². The molecule has 9 heteroatoms. The van der Waals surface area contributed by atoms with Gasteiger partial charge >= 0.3 is 0 Å². The third kappa shape index (κ3) is 3.26. The molecular formula is C24H26N6O3. The molecule has 0 unspecified atom stereocenters. The van der Waals surface area contributed by atoms with Crippen LogP contribution in [0.3, 0.4) is 0 Å². The lowest BCUT2D eigenvalue weighted by Gasteiger charge is -2.26. The van der Waals surface area contributed by atoms with Crippen molar-refractivity contribution in [1.29, 1.82) is 0 Å². The Bertz CT molecular complexity index is 1310. The standard InChI is InChI=1S/C24H26N6O3/c1-12-7-15(8-16-9-29(24(32)19(12)16)13(2)14-3-4-14)18-5-6-30-22(27-18)20(21(25)28-30)23(31)26-17-10-33-11-17/h5-8,13-14,17H,3-4,9-11H2,1-2H3,(H2,25,28)(H,26,31)/t13-/m0/s1. The molecule has 0 radical (unpaired) electrons. The van der Waals surface area contributed by atoms with Crippen LogP contribution >= 0.6 is 0 Å². The average Bonchev–Trinajstić information content (AvgIpc) is 3.47. The number of hydrogen-bond acceptors (Lipinski definition) is 6. The number of nitrogens with one attached hydrogen (secondary N) is 1. The minimum absolute atomic E-state index is 0.0205. The molecule has 33 heavy (non-hydrogen) atoms. The molecular weight excluding hydrogens is 420 g/mol. The van der Waals surface area contributed by atoms with Gasteiger partial charge in [0, 0.05) is 29.9 Å². The molecule has 170 valence electrons. The molecule has 3 aliphatic rings. The van der Waals surface area contributed by atoms with E-state index in [0.29, 0.717) is 37.0 Å². The number of nitrogen functional groups attached to an aromatic ring is 1. The highest BCUT2D eigenvalue weighted by Crippen LogP contribution is 2.39. The third-order valence-corrected chi connectivity index (χ3v) is 7.04. The summed E-state index contributed by atoms with van der Waals surface area (Å²) in [4.78, 5) is 32.6. The Balaban J connectivity index is 1.36. The number of carbonyl (C=O) groups is 2. The summed E-state index contributed by atoms with van der Waals surface area (Å²) in [6.45, 7) is 5.74. The normalized spacial score (nSPS) is 19.0. The van der Waals surface area contributed by atoms with Crippen LogP contribution in [0.5, 0.6) is 0 Å². The Morgan fingerprint density at radius 3 is 2.79 bits per heavy atom. The highest BCUT2D eigenvalue weighted by atomic mass is 16.5.